The van der Waals surface area contributed by atoms with Crippen LogP contribution >= 0.6 is 0 Å². The number of rotatable bonds is 4. The maximum atomic E-state index is 12.4. The van der Waals surface area contributed by atoms with Crippen molar-refractivity contribution in [3.63, 3.8) is 0 Å². The lowest BCUT2D eigenvalue weighted by molar-refractivity contribution is -0.153. The number of carbonyl (C=O) groups excluding carboxylic acids is 1. The summed E-state index contributed by atoms with van der Waals surface area (Å²) < 4.78 is 37.1. The van der Waals surface area contributed by atoms with Crippen molar-refractivity contribution in [3.05, 3.63) is 0 Å². The molecule has 1 saturated heterocycles. The van der Waals surface area contributed by atoms with E-state index in [0.717, 1.165) is 0 Å². The summed E-state index contributed by atoms with van der Waals surface area (Å²) in [4.78, 5) is 13.5. The van der Waals surface area contributed by atoms with Gasteiger partial charge in [0.2, 0.25) is 0 Å². The molecule has 0 amide bonds. The third-order valence-corrected chi connectivity index (χ3v) is 3.60. The van der Waals surface area contributed by atoms with Gasteiger partial charge in [-0.3, -0.25) is 9.69 Å². The smallest absolute Gasteiger partial charge is 0.297 e. The molecule has 0 radical (unpaired) electrons. The molecule has 1 fully saturated rings. The monoisotopic (exact) mass is 251 g/mol. The van der Waals surface area contributed by atoms with Crippen LogP contribution in [0.3, 0.4) is 0 Å². The first-order chi connectivity index (χ1) is 7.67. The number of ketones is 1. The lowest BCUT2D eigenvalue weighted by Gasteiger charge is -2.31. The molecule has 0 aromatic rings. The standard InChI is InChI=1S/C12H20F3NO/c1-4-11(2,3)10(17)9-6-5-7-16(9)8-12(13,14)15/h9H,4-8H2,1-3H3/t9-/m0/s1. The van der Waals surface area contributed by atoms with Crippen molar-refractivity contribution < 1.29 is 18.0 Å². The van der Waals surface area contributed by atoms with E-state index in [4.69, 9.17) is 0 Å². The molecule has 0 spiro atoms. The van der Waals surface area contributed by atoms with Crippen LogP contribution in [0.25, 0.3) is 0 Å². The molecule has 0 aromatic carbocycles. The highest BCUT2D eigenvalue weighted by Crippen LogP contribution is 2.31. The SMILES string of the molecule is CCC(C)(C)C(=O)[C@@H]1CCCN1CC(F)(F)F. The summed E-state index contributed by atoms with van der Waals surface area (Å²) in [6.45, 7) is 4.90. The average molecular weight is 251 g/mol. The molecule has 1 heterocycles. The Kier molecular flexibility index (Phi) is 4.23. The number of alkyl halides is 3. The first-order valence-corrected chi connectivity index (χ1v) is 6.02. The van der Waals surface area contributed by atoms with Gasteiger partial charge in [0, 0.05) is 5.41 Å². The molecule has 2 nitrogen and oxygen atoms in total. The molecule has 0 bridgehead atoms. The van der Waals surface area contributed by atoms with E-state index in [9.17, 15) is 18.0 Å². The van der Waals surface area contributed by atoms with Crippen LogP contribution in [0.15, 0.2) is 0 Å². The van der Waals surface area contributed by atoms with E-state index in [-0.39, 0.29) is 5.78 Å². The number of hydrogen-bond acceptors (Lipinski definition) is 2. The Labute approximate surface area is 100 Å². The summed E-state index contributed by atoms with van der Waals surface area (Å²) in [5.74, 6) is -0.0539. The fourth-order valence-electron chi connectivity index (χ4n) is 2.17. The molecule has 0 N–H and O–H groups in total. The number of hydrogen-bond donors (Lipinski definition) is 0. The van der Waals surface area contributed by atoms with Crippen LogP contribution in [-0.2, 0) is 4.79 Å². The predicted octanol–water partition coefficient (Wildman–Crippen LogP) is 3.02. The Bertz CT molecular complexity index is 286. The Morgan fingerprint density at radius 2 is 1.94 bits per heavy atom. The van der Waals surface area contributed by atoms with Gasteiger partial charge in [0.1, 0.15) is 0 Å². The van der Waals surface area contributed by atoms with Gasteiger partial charge in [-0.2, -0.15) is 13.2 Å². The number of halogens is 3. The highest BCUT2D eigenvalue weighted by molar-refractivity contribution is 5.89. The molecule has 0 unspecified atom stereocenters. The van der Waals surface area contributed by atoms with Gasteiger partial charge in [0.15, 0.2) is 5.78 Å². The molecule has 5 heteroatoms. The second-order valence-electron chi connectivity index (χ2n) is 5.35. The minimum atomic E-state index is -4.22. The fourth-order valence-corrected chi connectivity index (χ4v) is 2.17. The quantitative estimate of drug-likeness (QED) is 0.765. The number of Topliss-reactive ketones (excluding diaryl/α,β-unsaturated/α-hetero) is 1. The van der Waals surface area contributed by atoms with Gasteiger partial charge in [-0.25, -0.2) is 0 Å². The summed E-state index contributed by atoms with van der Waals surface area (Å²) in [6.07, 6.45) is -2.34. The molecule has 1 rings (SSSR count). The van der Waals surface area contributed by atoms with Crippen molar-refractivity contribution in [1.82, 2.24) is 4.90 Å². The summed E-state index contributed by atoms with van der Waals surface area (Å²) in [7, 11) is 0. The van der Waals surface area contributed by atoms with Gasteiger partial charge in [-0.15, -0.1) is 0 Å². The highest BCUT2D eigenvalue weighted by Gasteiger charge is 2.42. The highest BCUT2D eigenvalue weighted by atomic mass is 19.4. The van der Waals surface area contributed by atoms with E-state index in [2.05, 4.69) is 0 Å². The maximum Gasteiger partial charge on any atom is 0.401 e. The second kappa shape index (κ2) is 4.96. The van der Waals surface area contributed by atoms with Gasteiger partial charge in [-0.05, 0) is 25.8 Å². The predicted molar refractivity (Wildman–Crippen MR) is 59.7 cm³/mol. The van der Waals surface area contributed by atoms with E-state index in [1.165, 1.54) is 4.90 Å². The topological polar surface area (TPSA) is 20.3 Å². The summed E-state index contributed by atoms with van der Waals surface area (Å²) in [5, 5.41) is 0. The van der Waals surface area contributed by atoms with Gasteiger partial charge in [-0.1, -0.05) is 20.8 Å². The summed E-state index contributed by atoms with van der Waals surface area (Å²) in [5.41, 5.74) is -0.529. The van der Waals surface area contributed by atoms with E-state index >= 15 is 0 Å². The van der Waals surface area contributed by atoms with Crippen LogP contribution in [0.2, 0.25) is 0 Å². The minimum absolute atomic E-state index is 0.0539. The van der Waals surface area contributed by atoms with Crippen LogP contribution in [0.5, 0.6) is 0 Å². The van der Waals surface area contributed by atoms with E-state index in [1.807, 2.05) is 6.92 Å². The first-order valence-electron chi connectivity index (χ1n) is 6.02. The van der Waals surface area contributed by atoms with Crippen LogP contribution in [0, 0.1) is 5.41 Å². The van der Waals surface area contributed by atoms with Crippen molar-refractivity contribution in [2.24, 2.45) is 5.41 Å². The molecule has 0 aliphatic carbocycles. The number of likely N-dealkylation sites (tertiary alicyclic amines) is 1. The lowest BCUT2D eigenvalue weighted by atomic mass is 9.81. The van der Waals surface area contributed by atoms with Crippen molar-refractivity contribution >= 4 is 5.78 Å². The average Bonchev–Trinajstić information content (AvgIpc) is 2.62. The molecule has 0 saturated carbocycles. The Morgan fingerprint density at radius 3 is 2.41 bits per heavy atom. The van der Waals surface area contributed by atoms with Gasteiger partial charge < -0.3 is 0 Å². The van der Waals surface area contributed by atoms with Crippen molar-refractivity contribution in [1.29, 1.82) is 0 Å². The van der Waals surface area contributed by atoms with E-state index < -0.39 is 24.2 Å². The van der Waals surface area contributed by atoms with Crippen molar-refractivity contribution in [2.75, 3.05) is 13.1 Å². The molecule has 1 atom stereocenters. The zero-order valence-electron chi connectivity index (χ0n) is 10.6. The molecule has 100 valence electrons. The Hall–Kier alpha value is -0.580. The summed E-state index contributed by atoms with van der Waals surface area (Å²) >= 11 is 0. The second-order valence-corrected chi connectivity index (χ2v) is 5.35. The van der Waals surface area contributed by atoms with Crippen molar-refractivity contribution in [2.45, 2.75) is 52.3 Å². The van der Waals surface area contributed by atoms with Gasteiger partial charge in [0.25, 0.3) is 0 Å². The van der Waals surface area contributed by atoms with Crippen molar-refractivity contribution in [3.8, 4) is 0 Å². The lowest BCUT2D eigenvalue weighted by Crippen LogP contribution is -2.46. The fraction of sp³-hybridized carbons (Fsp3) is 0.917. The molecular weight excluding hydrogens is 231 g/mol. The Morgan fingerprint density at radius 1 is 1.35 bits per heavy atom. The van der Waals surface area contributed by atoms with Crippen LogP contribution in [0.4, 0.5) is 13.2 Å². The zero-order chi connectivity index (χ0) is 13.3. The molecule has 1 aliphatic heterocycles. The molecule has 1 aliphatic rings. The third kappa shape index (κ3) is 3.69. The maximum absolute atomic E-state index is 12.4. The van der Waals surface area contributed by atoms with E-state index in [1.54, 1.807) is 13.8 Å². The normalized spacial score (nSPS) is 23.1. The van der Waals surface area contributed by atoms with Crippen LogP contribution in [-0.4, -0.2) is 36.0 Å². The minimum Gasteiger partial charge on any atom is -0.297 e. The number of nitrogens with zero attached hydrogens (tertiary/aromatic N) is 1. The van der Waals surface area contributed by atoms with E-state index in [0.29, 0.717) is 25.8 Å². The summed E-state index contributed by atoms with van der Waals surface area (Å²) in [6, 6.07) is -0.549. The molecule has 17 heavy (non-hydrogen) atoms. The number of carbonyl (C=O) groups is 1. The largest absolute Gasteiger partial charge is 0.401 e. The van der Waals surface area contributed by atoms with Crippen LogP contribution < -0.4 is 0 Å². The zero-order valence-corrected chi connectivity index (χ0v) is 10.6. The molecule has 0 aromatic heterocycles. The third-order valence-electron chi connectivity index (χ3n) is 3.60. The Balaban J connectivity index is 2.73. The molecular formula is C12H20F3NO. The van der Waals surface area contributed by atoms with Crippen LogP contribution in [0.1, 0.15) is 40.0 Å². The first kappa shape index (κ1) is 14.5. The van der Waals surface area contributed by atoms with Gasteiger partial charge in [0.05, 0.1) is 12.6 Å². The van der Waals surface area contributed by atoms with Gasteiger partial charge >= 0.3 is 6.18 Å².